The third kappa shape index (κ3) is 5.58. The number of hydrogen-bond acceptors (Lipinski definition) is 7. The van der Waals surface area contributed by atoms with E-state index in [4.69, 9.17) is 10.5 Å². The lowest BCUT2D eigenvalue weighted by molar-refractivity contribution is -0.865. The maximum absolute atomic E-state index is 14.1. The Hall–Kier alpha value is -5.26. The average Bonchev–Trinajstić information content (AvgIpc) is 3.83. The van der Waals surface area contributed by atoms with E-state index >= 15 is 0 Å². The molecule has 5 aromatic rings. The topological polar surface area (TPSA) is 131 Å². The highest BCUT2D eigenvalue weighted by Gasteiger charge is 2.34. The number of fused-ring (bicyclic) bond motifs is 1. The molecule has 1 saturated carbocycles. The van der Waals surface area contributed by atoms with Gasteiger partial charge in [0.15, 0.2) is 11.5 Å². The Kier molecular flexibility index (Phi) is 7.50. The highest BCUT2D eigenvalue weighted by molar-refractivity contribution is 6.01. The molecule has 1 amide bonds. The van der Waals surface area contributed by atoms with Crippen LogP contribution in [-0.2, 0) is 4.79 Å². The zero-order valence-corrected chi connectivity index (χ0v) is 24.8. The lowest BCUT2D eigenvalue weighted by Crippen LogP contribution is -2.40. The van der Waals surface area contributed by atoms with Crippen LogP contribution in [0.25, 0.3) is 22.5 Å². The number of carbonyl (C=O) groups excluding carboxylic acids is 1. The van der Waals surface area contributed by atoms with Crippen LogP contribution in [0.5, 0.6) is 11.5 Å². The molecule has 2 aromatic heterocycles. The monoisotopic (exact) mass is 591 g/mol. The molecule has 2 heterocycles. The average molecular weight is 592 g/mol. The van der Waals surface area contributed by atoms with E-state index in [1.54, 1.807) is 56.6 Å². The third-order valence-corrected chi connectivity index (χ3v) is 7.91. The summed E-state index contributed by atoms with van der Waals surface area (Å²) < 4.78 is 8.46. The predicted molar refractivity (Wildman–Crippen MR) is 170 cm³/mol. The van der Waals surface area contributed by atoms with Crippen molar-refractivity contribution >= 4 is 28.6 Å². The second kappa shape index (κ2) is 11.4. The second-order valence-electron chi connectivity index (χ2n) is 11.2. The number of nitrogens with two attached hydrogens (primary N) is 1. The molecular formula is C33H33N7O4. The van der Waals surface area contributed by atoms with Crippen LogP contribution in [0.4, 0.5) is 11.5 Å². The van der Waals surface area contributed by atoms with E-state index in [2.05, 4.69) is 9.97 Å². The van der Waals surface area contributed by atoms with Gasteiger partial charge in [0, 0.05) is 31.7 Å². The summed E-state index contributed by atoms with van der Waals surface area (Å²) in [6, 6.07) is 22.0. The van der Waals surface area contributed by atoms with Gasteiger partial charge in [0.2, 0.25) is 0 Å². The molecule has 224 valence electrons. The number of carbonyl (C=O) groups is 1. The molecule has 0 spiro atoms. The molecular weight excluding hydrogens is 558 g/mol. The number of likely N-dealkylation sites (N-methyl/N-ethyl adjacent to an activating group) is 2. The van der Waals surface area contributed by atoms with Crippen LogP contribution >= 0.6 is 0 Å². The summed E-state index contributed by atoms with van der Waals surface area (Å²) in [6.45, 7) is 2.12. The summed E-state index contributed by atoms with van der Waals surface area (Å²) >= 11 is 0. The smallest absolute Gasteiger partial charge is 0.339 e. The second-order valence-corrected chi connectivity index (χ2v) is 11.2. The Bertz CT molecular complexity index is 1920. The zero-order valence-electron chi connectivity index (χ0n) is 24.8. The van der Waals surface area contributed by atoms with Crippen molar-refractivity contribution in [1.82, 2.24) is 19.1 Å². The normalized spacial score (nSPS) is 14.5. The Morgan fingerprint density at radius 3 is 2.43 bits per heavy atom. The van der Waals surface area contributed by atoms with Crippen molar-refractivity contribution in [3.05, 3.63) is 113 Å². The molecule has 3 aromatic carbocycles. The minimum absolute atomic E-state index is 0.116. The molecule has 0 aliphatic heterocycles. The van der Waals surface area contributed by atoms with Gasteiger partial charge in [0.05, 0.1) is 31.0 Å². The molecule has 1 aliphatic rings. The standard InChI is InChI=1S/C33H33N7O4/c1-22-11-12-24(20-28(22)37(2)29(41)10-7-19-40(3,43)25-15-16-25)39-32-30(31(34)35-21-36-32)38(33(39)42)23-13-17-27(18-14-23)44-26-8-5-4-6-9-26/h4-14,17-18,20-21,25H,15-16,19H2,1-3H3,(H2,34,35,36)/b10-7+. The van der Waals surface area contributed by atoms with E-state index in [0.717, 1.165) is 18.4 Å². The fourth-order valence-corrected chi connectivity index (χ4v) is 5.27. The maximum atomic E-state index is 14.1. The Morgan fingerprint density at radius 1 is 1.05 bits per heavy atom. The number of anilines is 2. The number of aromatic nitrogens is 4. The summed E-state index contributed by atoms with van der Waals surface area (Å²) in [5.74, 6) is 1.18. The van der Waals surface area contributed by atoms with Gasteiger partial charge in [-0.3, -0.25) is 9.36 Å². The lowest BCUT2D eigenvalue weighted by Gasteiger charge is -2.38. The van der Waals surface area contributed by atoms with Crippen molar-refractivity contribution < 1.29 is 14.2 Å². The van der Waals surface area contributed by atoms with Crippen molar-refractivity contribution in [2.24, 2.45) is 0 Å². The summed E-state index contributed by atoms with van der Waals surface area (Å²) in [7, 11) is 3.30. The van der Waals surface area contributed by atoms with E-state index < -0.39 is 5.69 Å². The molecule has 11 heteroatoms. The molecule has 11 nitrogen and oxygen atoms in total. The first-order chi connectivity index (χ1) is 21.1. The van der Waals surface area contributed by atoms with Crippen molar-refractivity contribution in [2.45, 2.75) is 25.8 Å². The first kappa shape index (κ1) is 28.8. The number of para-hydroxylation sites is 1. The molecule has 1 fully saturated rings. The van der Waals surface area contributed by atoms with Gasteiger partial charge in [0.25, 0.3) is 5.91 Å². The van der Waals surface area contributed by atoms with Crippen molar-refractivity contribution in [3.8, 4) is 22.9 Å². The van der Waals surface area contributed by atoms with Crippen LogP contribution in [0, 0.1) is 12.1 Å². The highest BCUT2D eigenvalue weighted by atomic mass is 16.5. The van der Waals surface area contributed by atoms with Crippen molar-refractivity contribution in [3.63, 3.8) is 0 Å². The molecule has 0 radical (unpaired) electrons. The molecule has 1 atom stereocenters. The van der Waals surface area contributed by atoms with Gasteiger partial charge >= 0.3 is 5.69 Å². The van der Waals surface area contributed by atoms with E-state index in [0.29, 0.717) is 39.7 Å². The number of quaternary nitrogens is 1. The van der Waals surface area contributed by atoms with Gasteiger partial charge < -0.3 is 25.2 Å². The minimum Gasteiger partial charge on any atom is -0.633 e. The number of ether oxygens (including phenoxy) is 1. The fraction of sp³-hybridized carbons (Fsp3) is 0.212. The van der Waals surface area contributed by atoms with Gasteiger partial charge in [-0.25, -0.2) is 19.3 Å². The van der Waals surface area contributed by atoms with Gasteiger partial charge in [-0.1, -0.05) is 24.3 Å². The molecule has 44 heavy (non-hydrogen) atoms. The summed E-state index contributed by atoms with van der Waals surface area (Å²) in [4.78, 5) is 37.2. The van der Waals surface area contributed by atoms with E-state index in [9.17, 15) is 14.8 Å². The Morgan fingerprint density at radius 2 is 1.73 bits per heavy atom. The molecule has 1 aliphatic carbocycles. The molecule has 1 unspecified atom stereocenters. The summed E-state index contributed by atoms with van der Waals surface area (Å²) in [5.41, 5.74) is 9.07. The number of imidazole rings is 1. The number of amides is 1. The number of hydrogen-bond donors (Lipinski definition) is 1. The Labute approximate surface area is 254 Å². The first-order valence-corrected chi connectivity index (χ1v) is 14.3. The van der Waals surface area contributed by atoms with Crippen LogP contribution in [0.15, 0.2) is 96.1 Å². The van der Waals surface area contributed by atoms with Gasteiger partial charge in [-0.2, -0.15) is 0 Å². The highest BCUT2D eigenvalue weighted by Crippen LogP contribution is 2.31. The van der Waals surface area contributed by atoms with Gasteiger partial charge in [-0.05, 0) is 67.1 Å². The molecule has 6 rings (SSSR count). The van der Waals surface area contributed by atoms with Crippen LogP contribution in [0.1, 0.15) is 18.4 Å². The predicted octanol–water partition coefficient (Wildman–Crippen LogP) is 4.88. The number of rotatable bonds is 9. The van der Waals surface area contributed by atoms with E-state index in [1.165, 1.54) is 26.4 Å². The quantitative estimate of drug-likeness (QED) is 0.147. The fourth-order valence-electron chi connectivity index (χ4n) is 5.27. The van der Waals surface area contributed by atoms with Crippen LogP contribution < -0.4 is 21.1 Å². The van der Waals surface area contributed by atoms with Gasteiger partial charge in [-0.15, -0.1) is 0 Å². The summed E-state index contributed by atoms with van der Waals surface area (Å²) in [5, 5.41) is 12.6. The van der Waals surface area contributed by atoms with Gasteiger partial charge in [0.1, 0.15) is 23.3 Å². The Balaban J connectivity index is 1.34. The molecule has 2 N–H and O–H groups in total. The van der Waals surface area contributed by atoms with Crippen molar-refractivity contribution in [2.75, 3.05) is 31.3 Å². The molecule has 0 saturated heterocycles. The largest absolute Gasteiger partial charge is 0.633 e. The summed E-state index contributed by atoms with van der Waals surface area (Å²) in [6.07, 6.45) is 6.23. The maximum Gasteiger partial charge on any atom is 0.339 e. The number of nitrogens with zero attached hydrogens (tertiary/aromatic N) is 6. The first-order valence-electron chi connectivity index (χ1n) is 14.3. The number of benzene rings is 3. The van der Waals surface area contributed by atoms with Crippen LogP contribution in [-0.4, -0.2) is 56.3 Å². The number of nitrogen functional groups attached to an aromatic ring is 1. The lowest BCUT2D eigenvalue weighted by atomic mass is 10.1. The van der Waals surface area contributed by atoms with Crippen LogP contribution in [0.2, 0.25) is 0 Å². The minimum atomic E-state index is -0.403. The number of hydroxylamine groups is 3. The van der Waals surface area contributed by atoms with Crippen LogP contribution in [0.3, 0.4) is 0 Å². The SMILES string of the molecule is Cc1ccc(-n2c(=O)n(-c3ccc(Oc4ccccc4)cc3)c3c(N)ncnc32)cc1N(C)C(=O)/C=C/C[N+](C)([O-])C1CC1. The third-order valence-electron chi connectivity index (χ3n) is 7.91. The zero-order chi connectivity index (χ0) is 31.0. The van der Waals surface area contributed by atoms with E-state index in [1.807, 2.05) is 43.3 Å². The number of aryl methyl sites for hydroxylation is 1. The molecule has 0 bridgehead atoms. The van der Waals surface area contributed by atoms with Crippen molar-refractivity contribution in [1.29, 1.82) is 0 Å². The van der Waals surface area contributed by atoms with E-state index in [-0.39, 0.29) is 29.0 Å².